The highest BCUT2D eigenvalue weighted by molar-refractivity contribution is 7.80. The summed E-state index contributed by atoms with van der Waals surface area (Å²) >= 11 is 4.62. The van der Waals surface area contributed by atoms with Gasteiger partial charge in [-0.25, -0.2) is 0 Å². The van der Waals surface area contributed by atoms with Gasteiger partial charge in [0, 0.05) is 5.25 Å². The lowest BCUT2D eigenvalue weighted by Crippen LogP contribution is -1.96. The molecule has 0 fully saturated rings. The van der Waals surface area contributed by atoms with Crippen molar-refractivity contribution in [1.82, 2.24) is 0 Å². The van der Waals surface area contributed by atoms with E-state index in [-0.39, 0.29) is 17.7 Å². The minimum absolute atomic E-state index is 0. The average Bonchev–Trinajstić information content (AvgIpc) is 2.29. The minimum atomic E-state index is 0. The topological polar surface area (TPSA) is 20.2 Å². The van der Waals surface area contributed by atoms with Gasteiger partial charge >= 0.3 is 0 Å². The molecule has 96 valence electrons. The Morgan fingerprint density at radius 3 is 2.39 bits per heavy atom. The summed E-state index contributed by atoms with van der Waals surface area (Å²) in [5, 5.41) is 9.40. The molecule has 3 heteroatoms. The molecule has 0 saturated heterocycles. The number of hydrogen-bond donors (Lipinski definition) is 2. The van der Waals surface area contributed by atoms with Crippen LogP contribution >= 0.6 is 25.0 Å². The molecular weight excluding hydrogens is 264 g/mol. The minimum Gasteiger partial charge on any atom is -0.508 e. The SMILES string of the molecule is Cc1cccc(CC(S)c2ccc(O)cc2)c1.Cl. The number of rotatable bonds is 3. The number of phenols is 1. The highest BCUT2D eigenvalue weighted by Crippen LogP contribution is 2.26. The smallest absolute Gasteiger partial charge is 0.115 e. The number of aromatic hydroxyl groups is 1. The molecule has 0 aliphatic carbocycles. The standard InChI is InChI=1S/C15H16OS.ClH/c1-11-3-2-4-12(9-11)10-15(17)13-5-7-14(16)8-6-13;/h2-9,15-17H,10H2,1H3;1H. The van der Waals surface area contributed by atoms with E-state index in [0.29, 0.717) is 5.75 Å². The summed E-state index contributed by atoms with van der Waals surface area (Å²) < 4.78 is 0. The van der Waals surface area contributed by atoms with Crippen molar-refractivity contribution in [3.05, 3.63) is 65.2 Å². The van der Waals surface area contributed by atoms with Crippen molar-refractivity contribution in [1.29, 1.82) is 0 Å². The van der Waals surface area contributed by atoms with E-state index < -0.39 is 0 Å². The van der Waals surface area contributed by atoms with Crippen LogP contribution in [-0.4, -0.2) is 5.11 Å². The van der Waals surface area contributed by atoms with Crippen LogP contribution in [0.4, 0.5) is 0 Å². The first-order chi connectivity index (χ1) is 8.15. The van der Waals surface area contributed by atoms with Crippen LogP contribution in [0.3, 0.4) is 0 Å². The van der Waals surface area contributed by atoms with Gasteiger partial charge in [0.05, 0.1) is 0 Å². The largest absolute Gasteiger partial charge is 0.508 e. The molecule has 0 aliphatic heterocycles. The number of hydrogen-bond acceptors (Lipinski definition) is 2. The molecule has 1 N–H and O–H groups in total. The van der Waals surface area contributed by atoms with E-state index in [1.165, 1.54) is 11.1 Å². The molecule has 0 heterocycles. The second-order valence-electron chi connectivity index (χ2n) is 4.30. The third-order valence-corrected chi connectivity index (χ3v) is 3.27. The lowest BCUT2D eigenvalue weighted by atomic mass is 10.0. The molecule has 0 radical (unpaired) electrons. The van der Waals surface area contributed by atoms with Gasteiger partial charge in [0.15, 0.2) is 0 Å². The fourth-order valence-electron chi connectivity index (χ4n) is 1.88. The van der Waals surface area contributed by atoms with E-state index in [1.54, 1.807) is 12.1 Å². The first kappa shape index (κ1) is 14.9. The zero-order valence-electron chi connectivity index (χ0n) is 10.2. The maximum Gasteiger partial charge on any atom is 0.115 e. The molecule has 1 unspecified atom stereocenters. The van der Waals surface area contributed by atoms with Crippen LogP contribution in [0, 0.1) is 6.92 Å². The number of phenolic OH excluding ortho intramolecular Hbond substituents is 1. The summed E-state index contributed by atoms with van der Waals surface area (Å²) in [6, 6.07) is 15.7. The summed E-state index contributed by atoms with van der Waals surface area (Å²) in [4.78, 5) is 0. The molecule has 0 spiro atoms. The molecule has 0 bridgehead atoms. The van der Waals surface area contributed by atoms with E-state index in [2.05, 4.69) is 43.8 Å². The second kappa shape index (κ2) is 6.72. The quantitative estimate of drug-likeness (QED) is 0.802. The Bertz CT molecular complexity index is 496. The fraction of sp³-hybridized carbons (Fsp3) is 0.200. The van der Waals surface area contributed by atoms with Gasteiger partial charge in [-0.15, -0.1) is 12.4 Å². The van der Waals surface area contributed by atoms with Gasteiger partial charge in [0.2, 0.25) is 0 Å². The monoisotopic (exact) mass is 280 g/mol. The summed E-state index contributed by atoms with van der Waals surface area (Å²) in [6.45, 7) is 2.09. The molecule has 0 saturated carbocycles. The van der Waals surface area contributed by atoms with Gasteiger partial charge in [-0.05, 0) is 36.6 Å². The molecule has 1 nitrogen and oxygen atoms in total. The molecule has 0 aliphatic rings. The van der Waals surface area contributed by atoms with E-state index in [1.807, 2.05) is 12.1 Å². The fourth-order valence-corrected chi connectivity index (χ4v) is 2.26. The van der Waals surface area contributed by atoms with Gasteiger partial charge in [0.1, 0.15) is 5.75 Å². The Morgan fingerprint density at radius 2 is 1.78 bits per heavy atom. The van der Waals surface area contributed by atoms with Crippen LogP contribution in [-0.2, 0) is 6.42 Å². The van der Waals surface area contributed by atoms with Crippen LogP contribution < -0.4 is 0 Å². The molecule has 0 aromatic heterocycles. The summed E-state index contributed by atoms with van der Waals surface area (Å²) in [5.41, 5.74) is 3.69. The van der Waals surface area contributed by atoms with Crippen LogP contribution in [0.1, 0.15) is 21.9 Å². The highest BCUT2D eigenvalue weighted by Gasteiger charge is 2.07. The third kappa shape index (κ3) is 3.97. The molecular formula is C15H17ClOS. The first-order valence-corrected chi connectivity index (χ1v) is 6.19. The van der Waals surface area contributed by atoms with Crippen molar-refractivity contribution in [3.8, 4) is 5.75 Å². The molecule has 2 rings (SSSR count). The highest BCUT2D eigenvalue weighted by atomic mass is 35.5. The predicted molar refractivity (Wildman–Crippen MR) is 82.0 cm³/mol. The van der Waals surface area contributed by atoms with Crippen molar-refractivity contribution >= 4 is 25.0 Å². The number of halogens is 1. The summed E-state index contributed by atoms with van der Waals surface area (Å²) in [7, 11) is 0. The van der Waals surface area contributed by atoms with Crippen molar-refractivity contribution in [2.75, 3.05) is 0 Å². The van der Waals surface area contributed by atoms with Crippen molar-refractivity contribution in [2.45, 2.75) is 18.6 Å². The average molecular weight is 281 g/mol. The zero-order chi connectivity index (χ0) is 12.3. The van der Waals surface area contributed by atoms with Crippen molar-refractivity contribution in [2.24, 2.45) is 0 Å². The Morgan fingerprint density at radius 1 is 1.11 bits per heavy atom. The Hall–Kier alpha value is -1.12. The number of thiol groups is 1. The van der Waals surface area contributed by atoms with E-state index in [0.717, 1.165) is 12.0 Å². The van der Waals surface area contributed by atoms with Crippen molar-refractivity contribution in [3.63, 3.8) is 0 Å². The maximum atomic E-state index is 9.24. The Kier molecular flexibility index (Phi) is 5.57. The van der Waals surface area contributed by atoms with Crippen LogP contribution in [0.5, 0.6) is 5.75 Å². The third-order valence-electron chi connectivity index (χ3n) is 2.79. The van der Waals surface area contributed by atoms with E-state index >= 15 is 0 Å². The van der Waals surface area contributed by atoms with Gasteiger partial charge < -0.3 is 5.11 Å². The number of benzene rings is 2. The van der Waals surface area contributed by atoms with Crippen LogP contribution in [0.15, 0.2) is 48.5 Å². The van der Waals surface area contributed by atoms with Gasteiger partial charge in [0.25, 0.3) is 0 Å². The predicted octanol–water partition coefficient (Wildman–Crippen LogP) is 4.34. The Balaban J connectivity index is 0.00000162. The molecule has 0 amide bonds. The molecule has 18 heavy (non-hydrogen) atoms. The normalized spacial score (nSPS) is 11.7. The number of aryl methyl sites for hydroxylation is 1. The van der Waals surface area contributed by atoms with Crippen LogP contribution in [0.25, 0.3) is 0 Å². The lowest BCUT2D eigenvalue weighted by Gasteiger charge is -2.11. The second-order valence-corrected chi connectivity index (χ2v) is 4.92. The maximum absolute atomic E-state index is 9.24. The molecule has 1 atom stereocenters. The van der Waals surface area contributed by atoms with E-state index in [4.69, 9.17) is 0 Å². The van der Waals surface area contributed by atoms with Gasteiger partial charge in [-0.1, -0.05) is 42.0 Å². The van der Waals surface area contributed by atoms with Crippen molar-refractivity contribution < 1.29 is 5.11 Å². The lowest BCUT2D eigenvalue weighted by molar-refractivity contribution is 0.475. The summed E-state index contributed by atoms with van der Waals surface area (Å²) in [5.74, 6) is 0.296. The van der Waals surface area contributed by atoms with Gasteiger partial charge in [-0.2, -0.15) is 12.6 Å². The van der Waals surface area contributed by atoms with Crippen LogP contribution in [0.2, 0.25) is 0 Å². The molecule has 2 aromatic rings. The molecule has 2 aromatic carbocycles. The van der Waals surface area contributed by atoms with Gasteiger partial charge in [-0.3, -0.25) is 0 Å². The van der Waals surface area contributed by atoms with E-state index in [9.17, 15) is 5.11 Å². The summed E-state index contributed by atoms with van der Waals surface area (Å²) in [6.07, 6.45) is 0.898. The Labute approximate surface area is 120 Å². The first-order valence-electron chi connectivity index (χ1n) is 5.68. The zero-order valence-corrected chi connectivity index (χ0v) is 11.9.